The molecule has 3 N–H and O–H groups in total. The molecule has 0 aliphatic heterocycles. The highest BCUT2D eigenvalue weighted by molar-refractivity contribution is 5.99. The molecule has 4 rings (SSSR count). The number of carbonyl (C=O) groups is 2. The van der Waals surface area contributed by atoms with E-state index in [-0.39, 0.29) is 17.5 Å². The van der Waals surface area contributed by atoms with E-state index in [9.17, 15) is 18.4 Å². The fraction of sp³-hybridized carbons (Fsp3) is 0.273. The highest BCUT2D eigenvalue weighted by Gasteiger charge is 2.29. The van der Waals surface area contributed by atoms with E-state index >= 15 is 0 Å². The number of nitrogens with one attached hydrogen (secondary N) is 2. The van der Waals surface area contributed by atoms with Gasteiger partial charge in [0, 0.05) is 23.2 Å². The van der Waals surface area contributed by atoms with E-state index in [0.717, 1.165) is 12.1 Å². The van der Waals surface area contributed by atoms with Crippen molar-refractivity contribution >= 4 is 23.4 Å². The Labute approximate surface area is 181 Å². The topological polar surface area (TPSA) is 117 Å². The lowest BCUT2D eigenvalue weighted by Crippen LogP contribution is -2.20. The number of carboxylic acid groups (broad SMARTS) is 1. The third-order valence-electron chi connectivity index (χ3n) is 5.45. The molecule has 1 heterocycles. The van der Waals surface area contributed by atoms with Gasteiger partial charge in [-0.25, -0.2) is 13.6 Å². The molecule has 166 valence electrons. The van der Waals surface area contributed by atoms with Gasteiger partial charge in [-0.05, 0) is 62.1 Å². The number of aliphatic carboxylic acids is 1. The van der Waals surface area contributed by atoms with Crippen molar-refractivity contribution < 1.29 is 28.0 Å². The minimum absolute atomic E-state index is 0.0448. The zero-order valence-electron chi connectivity index (χ0n) is 16.8. The Hall–Kier alpha value is -3.82. The lowest BCUT2D eigenvalue weighted by atomic mass is 9.82. The summed E-state index contributed by atoms with van der Waals surface area (Å²) < 4.78 is 32.0. The van der Waals surface area contributed by atoms with Crippen LogP contribution < -0.4 is 10.6 Å². The first-order chi connectivity index (χ1) is 15.4. The van der Waals surface area contributed by atoms with Crippen molar-refractivity contribution in [2.75, 3.05) is 10.6 Å². The first-order valence-corrected chi connectivity index (χ1v) is 10.1. The van der Waals surface area contributed by atoms with Crippen LogP contribution in [0.15, 0.2) is 47.0 Å². The molecular weight excluding hydrogens is 422 g/mol. The first kappa shape index (κ1) is 21.4. The van der Waals surface area contributed by atoms with Gasteiger partial charge in [-0.3, -0.25) is 4.79 Å². The number of rotatable bonds is 5. The van der Waals surface area contributed by atoms with Gasteiger partial charge in [-0.15, -0.1) is 0 Å². The van der Waals surface area contributed by atoms with Crippen molar-refractivity contribution in [3.63, 3.8) is 0 Å². The maximum Gasteiger partial charge on any atom is 0.323 e. The van der Waals surface area contributed by atoms with Crippen LogP contribution in [0.1, 0.15) is 37.5 Å². The van der Waals surface area contributed by atoms with Crippen LogP contribution >= 0.6 is 0 Å². The number of hydrogen-bond donors (Lipinski definition) is 3. The van der Waals surface area contributed by atoms with Crippen LogP contribution in [0.2, 0.25) is 0 Å². The predicted octanol–water partition coefficient (Wildman–Crippen LogP) is 5.02. The largest absolute Gasteiger partial charge is 0.481 e. The molecule has 2 amide bonds. The van der Waals surface area contributed by atoms with Gasteiger partial charge in [0.25, 0.3) is 0 Å². The number of carboxylic acids is 1. The average Bonchev–Trinajstić information content (AvgIpc) is 3.26. The van der Waals surface area contributed by atoms with E-state index in [2.05, 4.69) is 20.8 Å². The van der Waals surface area contributed by atoms with Crippen LogP contribution in [-0.2, 0) is 4.79 Å². The van der Waals surface area contributed by atoms with Crippen LogP contribution in [-0.4, -0.2) is 27.2 Å². The molecule has 1 saturated carbocycles. The molecule has 0 saturated heterocycles. The van der Waals surface area contributed by atoms with Gasteiger partial charge in [-0.2, -0.15) is 4.98 Å². The molecule has 1 aliphatic rings. The smallest absolute Gasteiger partial charge is 0.323 e. The van der Waals surface area contributed by atoms with Gasteiger partial charge < -0.3 is 20.3 Å². The molecule has 1 fully saturated rings. The average molecular weight is 442 g/mol. The van der Waals surface area contributed by atoms with Crippen molar-refractivity contribution in [1.29, 1.82) is 0 Å². The van der Waals surface area contributed by atoms with E-state index in [0.29, 0.717) is 54.7 Å². The van der Waals surface area contributed by atoms with Crippen molar-refractivity contribution in [2.45, 2.75) is 31.6 Å². The maximum absolute atomic E-state index is 13.6. The number of anilines is 2. The molecule has 8 nitrogen and oxygen atoms in total. The number of benzene rings is 2. The lowest BCUT2D eigenvalue weighted by molar-refractivity contribution is -0.142. The lowest BCUT2D eigenvalue weighted by Gasteiger charge is -2.23. The van der Waals surface area contributed by atoms with Gasteiger partial charge in [-0.1, -0.05) is 5.16 Å². The Morgan fingerprint density at radius 1 is 1.00 bits per heavy atom. The number of nitrogens with zero attached hydrogens (tertiary/aromatic N) is 2. The Kier molecular flexibility index (Phi) is 6.11. The highest BCUT2D eigenvalue weighted by atomic mass is 19.1. The second kappa shape index (κ2) is 9.13. The summed E-state index contributed by atoms with van der Waals surface area (Å²) in [6, 6.07) is 8.84. The van der Waals surface area contributed by atoms with E-state index in [1.54, 1.807) is 24.3 Å². The quantitative estimate of drug-likeness (QED) is 0.511. The van der Waals surface area contributed by atoms with Crippen molar-refractivity contribution in [1.82, 2.24) is 10.1 Å². The van der Waals surface area contributed by atoms with E-state index in [1.807, 2.05) is 0 Å². The normalized spacial score (nSPS) is 18.2. The molecular formula is C22H20F2N4O4. The number of hydrogen-bond acceptors (Lipinski definition) is 5. The zero-order chi connectivity index (χ0) is 22.7. The van der Waals surface area contributed by atoms with Gasteiger partial charge in [0.05, 0.1) is 11.6 Å². The monoisotopic (exact) mass is 442 g/mol. The Morgan fingerprint density at radius 2 is 1.72 bits per heavy atom. The SMILES string of the molecule is O=C(Nc1ccc(-c2noc([C@H]3CC[C@H](C(=O)O)CC3)n2)cc1)Nc1ccc(F)cc1F. The van der Waals surface area contributed by atoms with Crippen molar-refractivity contribution in [2.24, 2.45) is 5.92 Å². The molecule has 0 atom stereocenters. The summed E-state index contributed by atoms with van der Waals surface area (Å²) in [5, 5.41) is 18.0. The summed E-state index contributed by atoms with van der Waals surface area (Å²) in [6.45, 7) is 0. The standard InChI is InChI=1S/C22H20F2N4O4/c23-15-7-10-18(17(24)11-15)26-22(31)25-16-8-5-12(6-9-16)19-27-20(32-28-19)13-1-3-14(4-2-13)21(29)30/h5-11,13-14H,1-4H2,(H,29,30)(H2,25,26,31)/t13-,14-. The summed E-state index contributed by atoms with van der Waals surface area (Å²) >= 11 is 0. The Balaban J connectivity index is 1.36. The number of carbonyl (C=O) groups excluding carboxylic acids is 1. The van der Waals surface area contributed by atoms with Crippen molar-refractivity contribution in [3.8, 4) is 11.4 Å². The number of amides is 2. The Bertz CT molecular complexity index is 1130. The van der Waals surface area contributed by atoms with Gasteiger partial charge in [0.15, 0.2) is 0 Å². The molecule has 1 aliphatic carbocycles. The summed E-state index contributed by atoms with van der Waals surface area (Å²) in [6.07, 6.45) is 2.54. The van der Waals surface area contributed by atoms with Crippen LogP contribution in [0, 0.1) is 17.6 Å². The molecule has 1 aromatic heterocycles. The maximum atomic E-state index is 13.6. The predicted molar refractivity (Wildman–Crippen MR) is 111 cm³/mol. The molecule has 3 aromatic rings. The van der Waals surface area contributed by atoms with Crippen LogP contribution in [0.5, 0.6) is 0 Å². The summed E-state index contributed by atoms with van der Waals surface area (Å²) in [5.74, 6) is -1.76. The first-order valence-electron chi connectivity index (χ1n) is 10.1. The molecule has 2 aromatic carbocycles. The third kappa shape index (κ3) is 4.90. The van der Waals surface area contributed by atoms with E-state index in [1.165, 1.54) is 0 Å². The number of halogens is 2. The summed E-state index contributed by atoms with van der Waals surface area (Å²) in [5.41, 5.74) is 0.983. The fourth-order valence-corrected chi connectivity index (χ4v) is 3.68. The van der Waals surface area contributed by atoms with Crippen LogP contribution in [0.25, 0.3) is 11.4 Å². The van der Waals surface area contributed by atoms with E-state index in [4.69, 9.17) is 9.63 Å². The number of aromatic nitrogens is 2. The van der Waals surface area contributed by atoms with Crippen molar-refractivity contribution in [3.05, 3.63) is 60.0 Å². The minimum Gasteiger partial charge on any atom is -0.481 e. The molecule has 0 radical (unpaired) electrons. The second-order valence-corrected chi connectivity index (χ2v) is 7.62. The summed E-state index contributed by atoms with van der Waals surface area (Å²) in [7, 11) is 0. The molecule has 0 bridgehead atoms. The molecule has 10 heteroatoms. The minimum atomic E-state index is -0.875. The number of urea groups is 1. The second-order valence-electron chi connectivity index (χ2n) is 7.62. The Morgan fingerprint density at radius 3 is 2.38 bits per heavy atom. The van der Waals surface area contributed by atoms with Gasteiger partial charge in [0.1, 0.15) is 11.6 Å². The van der Waals surface area contributed by atoms with Gasteiger partial charge in [0.2, 0.25) is 11.7 Å². The molecule has 32 heavy (non-hydrogen) atoms. The zero-order valence-corrected chi connectivity index (χ0v) is 16.8. The molecule has 0 spiro atoms. The summed E-state index contributed by atoms with van der Waals surface area (Å²) in [4.78, 5) is 27.6. The van der Waals surface area contributed by atoms with Crippen LogP contribution in [0.3, 0.4) is 0 Å². The van der Waals surface area contributed by atoms with Gasteiger partial charge >= 0.3 is 12.0 Å². The van der Waals surface area contributed by atoms with Crippen LogP contribution in [0.4, 0.5) is 25.0 Å². The third-order valence-corrected chi connectivity index (χ3v) is 5.45. The molecule has 0 unspecified atom stereocenters. The highest BCUT2D eigenvalue weighted by Crippen LogP contribution is 2.35. The fourth-order valence-electron chi connectivity index (χ4n) is 3.68. The van der Waals surface area contributed by atoms with E-state index < -0.39 is 23.6 Å².